The van der Waals surface area contributed by atoms with Gasteiger partial charge in [-0.1, -0.05) is 0 Å². The Labute approximate surface area is 132 Å². The lowest BCUT2D eigenvalue weighted by atomic mass is 9.97. The number of aromatic nitrogens is 4. The van der Waals surface area contributed by atoms with Crippen molar-refractivity contribution in [2.75, 3.05) is 29.9 Å². The van der Waals surface area contributed by atoms with E-state index in [-0.39, 0.29) is 11.6 Å². The van der Waals surface area contributed by atoms with E-state index in [1.165, 1.54) is 0 Å². The Morgan fingerprint density at radius 3 is 2.78 bits per heavy atom. The van der Waals surface area contributed by atoms with Crippen LogP contribution in [0.5, 0.6) is 0 Å². The molecule has 2 atom stereocenters. The second-order valence-corrected chi connectivity index (χ2v) is 5.98. The SMILES string of the molecule is Fc1cnc(NC2COC3(CCN(c4ncccn4)C3)C2)nc1. The number of halogens is 1. The molecule has 0 amide bonds. The fourth-order valence-electron chi connectivity index (χ4n) is 3.26. The second kappa shape index (κ2) is 5.69. The molecule has 2 aromatic rings. The van der Waals surface area contributed by atoms with Crippen molar-refractivity contribution in [2.24, 2.45) is 0 Å². The summed E-state index contributed by atoms with van der Waals surface area (Å²) in [5.74, 6) is 0.730. The van der Waals surface area contributed by atoms with Gasteiger partial charge < -0.3 is 15.0 Å². The van der Waals surface area contributed by atoms with Crippen molar-refractivity contribution in [2.45, 2.75) is 24.5 Å². The van der Waals surface area contributed by atoms with Gasteiger partial charge in [-0.15, -0.1) is 0 Å². The van der Waals surface area contributed by atoms with Gasteiger partial charge in [0.1, 0.15) is 0 Å². The Bertz CT molecular complexity index is 669. The molecule has 0 aliphatic carbocycles. The van der Waals surface area contributed by atoms with Crippen LogP contribution in [-0.4, -0.2) is 51.3 Å². The molecule has 2 unspecified atom stereocenters. The number of nitrogens with zero attached hydrogens (tertiary/aromatic N) is 5. The molecular formula is C15H17FN6O. The number of hydrogen-bond acceptors (Lipinski definition) is 7. The van der Waals surface area contributed by atoms with E-state index in [4.69, 9.17) is 4.74 Å². The van der Waals surface area contributed by atoms with Crippen molar-refractivity contribution in [3.8, 4) is 0 Å². The van der Waals surface area contributed by atoms with Crippen LogP contribution in [0.15, 0.2) is 30.9 Å². The summed E-state index contributed by atoms with van der Waals surface area (Å²) in [4.78, 5) is 18.6. The van der Waals surface area contributed by atoms with Crippen molar-refractivity contribution in [3.05, 3.63) is 36.7 Å². The molecule has 1 spiro atoms. The molecule has 2 saturated heterocycles. The third-order valence-corrected chi connectivity index (χ3v) is 4.31. The highest BCUT2D eigenvalue weighted by molar-refractivity contribution is 5.34. The Balaban J connectivity index is 1.39. The molecular weight excluding hydrogens is 299 g/mol. The molecule has 2 aromatic heterocycles. The lowest BCUT2D eigenvalue weighted by molar-refractivity contribution is 0.0228. The molecule has 2 aliphatic heterocycles. The third kappa shape index (κ3) is 2.94. The summed E-state index contributed by atoms with van der Waals surface area (Å²) in [7, 11) is 0. The van der Waals surface area contributed by atoms with Crippen LogP contribution in [0.1, 0.15) is 12.8 Å². The van der Waals surface area contributed by atoms with Gasteiger partial charge in [0.05, 0.1) is 37.2 Å². The zero-order valence-electron chi connectivity index (χ0n) is 12.5. The highest BCUT2D eigenvalue weighted by atomic mass is 19.1. The van der Waals surface area contributed by atoms with Gasteiger partial charge in [0, 0.05) is 25.4 Å². The Morgan fingerprint density at radius 1 is 1.22 bits per heavy atom. The maximum atomic E-state index is 12.9. The minimum Gasteiger partial charge on any atom is -0.371 e. The fourth-order valence-corrected chi connectivity index (χ4v) is 3.26. The Kier molecular flexibility index (Phi) is 3.53. The van der Waals surface area contributed by atoms with E-state index in [1.807, 2.05) is 6.07 Å². The first kappa shape index (κ1) is 14.3. The summed E-state index contributed by atoms with van der Waals surface area (Å²) < 4.78 is 18.9. The molecule has 4 rings (SSSR count). The number of nitrogens with one attached hydrogen (secondary N) is 1. The first-order chi connectivity index (χ1) is 11.2. The van der Waals surface area contributed by atoms with Crippen LogP contribution >= 0.6 is 0 Å². The maximum absolute atomic E-state index is 12.9. The predicted octanol–water partition coefficient (Wildman–Crippen LogP) is 1.26. The molecule has 0 radical (unpaired) electrons. The zero-order chi connectivity index (χ0) is 15.7. The van der Waals surface area contributed by atoms with Crippen LogP contribution in [0.3, 0.4) is 0 Å². The summed E-state index contributed by atoms with van der Waals surface area (Å²) in [6, 6.07) is 1.93. The highest BCUT2D eigenvalue weighted by Gasteiger charge is 2.46. The largest absolute Gasteiger partial charge is 0.371 e. The molecule has 2 aliphatic rings. The van der Waals surface area contributed by atoms with E-state index in [0.29, 0.717) is 12.6 Å². The van der Waals surface area contributed by atoms with Crippen molar-refractivity contribution < 1.29 is 9.13 Å². The van der Waals surface area contributed by atoms with Crippen LogP contribution in [0.25, 0.3) is 0 Å². The molecule has 0 bridgehead atoms. The molecule has 23 heavy (non-hydrogen) atoms. The molecule has 0 aromatic carbocycles. The standard InChI is InChI=1S/C15H17FN6O/c16-11-7-19-13(20-8-11)21-12-6-15(23-9-12)2-5-22(10-15)14-17-3-1-4-18-14/h1,3-4,7-8,12H,2,5-6,9-10H2,(H,19,20,21). The zero-order valence-corrected chi connectivity index (χ0v) is 12.5. The molecule has 8 heteroatoms. The second-order valence-electron chi connectivity index (χ2n) is 5.98. The number of hydrogen-bond donors (Lipinski definition) is 1. The topological polar surface area (TPSA) is 76.1 Å². The van der Waals surface area contributed by atoms with E-state index < -0.39 is 5.82 Å². The highest BCUT2D eigenvalue weighted by Crippen LogP contribution is 2.36. The predicted molar refractivity (Wildman–Crippen MR) is 81.6 cm³/mol. The van der Waals surface area contributed by atoms with Gasteiger partial charge in [-0.3, -0.25) is 0 Å². The summed E-state index contributed by atoms with van der Waals surface area (Å²) in [6.45, 7) is 2.24. The van der Waals surface area contributed by atoms with Crippen LogP contribution in [0.4, 0.5) is 16.3 Å². The lowest BCUT2D eigenvalue weighted by Gasteiger charge is -2.23. The van der Waals surface area contributed by atoms with Gasteiger partial charge in [-0.25, -0.2) is 24.3 Å². The van der Waals surface area contributed by atoms with Gasteiger partial charge >= 0.3 is 0 Å². The van der Waals surface area contributed by atoms with Gasteiger partial charge in [0.25, 0.3) is 0 Å². The third-order valence-electron chi connectivity index (χ3n) is 4.31. The maximum Gasteiger partial charge on any atom is 0.225 e. The molecule has 2 fully saturated rings. The average Bonchev–Trinajstić information content (AvgIpc) is 3.18. The molecule has 0 saturated carbocycles. The monoisotopic (exact) mass is 316 g/mol. The van der Waals surface area contributed by atoms with E-state index in [0.717, 1.165) is 44.3 Å². The molecule has 4 heterocycles. The smallest absolute Gasteiger partial charge is 0.225 e. The van der Waals surface area contributed by atoms with Crippen molar-refractivity contribution in [3.63, 3.8) is 0 Å². The fraction of sp³-hybridized carbons (Fsp3) is 0.467. The first-order valence-corrected chi connectivity index (χ1v) is 7.62. The first-order valence-electron chi connectivity index (χ1n) is 7.62. The average molecular weight is 316 g/mol. The van der Waals surface area contributed by atoms with Crippen molar-refractivity contribution in [1.82, 2.24) is 19.9 Å². The Hall–Kier alpha value is -2.35. The summed E-state index contributed by atoms with van der Waals surface area (Å²) in [5.41, 5.74) is -0.184. The van der Waals surface area contributed by atoms with E-state index in [9.17, 15) is 4.39 Å². The summed E-state index contributed by atoms with van der Waals surface area (Å²) in [6.07, 6.45) is 7.61. The van der Waals surface area contributed by atoms with E-state index in [1.54, 1.807) is 12.4 Å². The van der Waals surface area contributed by atoms with Crippen LogP contribution in [-0.2, 0) is 4.74 Å². The van der Waals surface area contributed by atoms with Gasteiger partial charge in [-0.2, -0.15) is 0 Å². The van der Waals surface area contributed by atoms with Crippen molar-refractivity contribution in [1.29, 1.82) is 0 Å². The molecule has 7 nitrogen and oxygen atoms in total. The minimum atomic E-state index is -0.441. The number of anilines is 2. The van der Waals surface area contributed by atoms with Crippen LogP contribution < -0.4 is 10.2 Å². The van der Waals surface area contributed by atoms with E-state index in [2.05, 4.69) is 30.2 Å². The summed E-state index contributed by atoms with van der Waals surface area (Å²) >= 11 is 0. The van der Waals surface area contributed by atoms with Gasteiger partial charge in [0.2, 0.25) is 11.9 Å². The number of rotatable bonds is 3. The van der Waals surface area contributed by atoms with Gasteiger partial charge in [-0.05, 0) is 12.5 Å². The number of ether oxygens (including phenoxy) is 1. The van der Waals surface area contributed by atoms with Crippen LogP contribution in [0, 0.1) is 5.82 Å². The van der Waals surface area contributed by atoms with Crippen LogP contribution in [0.2, 0.25) is 0 Å². The summed E-state index contributed by atoms with van der Waals surface area (Å²) in [5, 5.41) is 3.21. The quantitative estimate of drug-likeness (QED) is 0.913. The normalized spacial score (nSPS) is 26.8. The van der Waals surface area contributed by atoms with Gasteiger partial charge in [0.15, 0.2) is 5.82 Å². The minimum absolute atomic E-state index is 0.122. The lowest BCUT2D eigenvalue weighted by Crippen LogP contribution is -2.34. The Morgan fingerprint density at radius 2 is 2.00 bits per heavy atom. The van der Waals surface area contributed by atoms with E-state index >= 15 is 0 Å². The van der Waals surface area contributed by atoms with Crippen molar-refractivity contribution >= 4 is 11.9 Å². The molecule has 1 N–H and O–H groups in total. The molecule has 120 valence electrons.